The Morgan fingerprint density at radius 2 is 1.84 bits per heavy atom. The first-order valence-electron chi connectivity index (χ1n) is 9.51. The first-order chi connectivity index (χ1) is 14.7. The van der Waals surface area contributed by atoms with E-state index in [9.17, 15) is 18.0 Å². The summed E-state index contributed by atoms with van der Waals surface area (Å²) >= 11 is 1.16. The van der Waals surface area contributed by atoms with Crippen LogP contribution in [-0.2, 0) is 6.18 Å². The minimum atomic E-state index is -4.40. The average Bonchev–Trinajstić information content (AvgIpc) is 3.14. The van der Waals surface area contributed by atoms with Gasteiger partial charge in [-0.2, -0.15) is 13.2 Å². The lowest BCUT2D eigenvalue weighted by Gasteiger charge is -2.29. The largest absolute Gasteiger partial charge is 0.486 e. The summed E-state index contributed by atoms with van der Waals surface area (Å²) in [6.07, 6.45) is -4.71. The predicted octanol–water partition coefficient (Wildman–Crippen LogP) is 5.05. The number of rotatable bonds is 4. The van der Waals surface area contributed by atoms with Crippen molar-refractivity contribution in [1.82, 2.24) is 9.88 Å². The van der Waals surface area contributed by atoms with Gasteiger partial charge in [0.05, 0.1) is 17.8 Å². The summed E-state index contributed by atoms with van der Waals surface area (Å²) < 4.78 is 49.9. The van der Waals surface area contributed by atoms with E-state index in [0.717, 1.165) is 23.5 Å². The number of nitrogens with zero attached hydrogens (tertiary/aromatic N) is 2. The van der Waals surface area contributed by atoms with Crippen LogP contribution >= 0.6 is 11.3 Å². The summed E-state index contributed by atoms with van der Waals surface area (Å²) in [4.78, 5) is 19.3. The third-order valence-corrected chi connectivity index (χ3v) is 6.04. The molecule has 2 aromatic carbocycles. The van der Waals surface area contributed by atoms with Crippen molar-refractivity contribution < 1.29 is 27.4 Å². The van der Waals surface area contributed by atoms with E-state index in [0.29, 0.717) is 45.8 Å². The molecule has 5 nitrogen and oxygen atoms in total. The molecule has 9 heteroatoms. The Bertz CT molecular complexity index is 1100. The Morgan fingerprint density at radius 3 is 2.52 bits per heavy atom. The van der Waals surface area contributed by atoms with Gasteiger partial charge in [-0.25, -0.2) is 4.98 Å². The van der Waals surface area contributed by atoms with Crippen molar-refractivity contribution in [2.24, 2.45) is 0 Å². The van der Waals surface area contributed by atoms with Crippen molar-refractivity contribution in [3.8, 4) is 22.1 Å². The first-order valence-corrected chi connectivity index (χ1v) is 10.3. The molecule has 0 aliphatic carbocycles. The molecule has 1 aliphatic heterocycles. The van der Waals surface area contributed by atoms with Crippen molar-refractivity contribution in [2.45, 2.75) is 19.2 Å². The van der Waals surface area contributed by atoms with E-state index < -0.39 is 11.7 Å². The van der Waals surface area contributed by atoms with Crippen molar-refractivity contribution in [2.75, 3.05) is 20.2 Å². The third kappa shape index (κ3) is 4.51. The number of hydrogen-bond donors (Lipinski definition) is 0. The van der Waals surface area contributed by atoms with Crippen molar-refractivity contribution >= 4 is 17.2 Å². The van der Waals surface area contributed by atoms with Crippen molar-refractivity contribution in [3.63, 3.8) is 0 Å². The fraction of sp³-hybridized carbons (Fsp3) is 0.273. The number of carbonyl (C=O) groups excluding carboxylic acids is 1. The van der Waals surface area contributed by atoms with E-state index in [4.69, 9.17) is 9.47 Å². The van der Waals surface area contributed by atoms with Gasteiger partial charge in [-0.15, -0.1) is 11.3 Å². The van der Waals surface area contributed by atoms with Gasteiger partial charge in [-0.1, -0.05) is 24.3 Å². The fourth-order valence-electron chi connectivity index (χ4n) is 3.23. The van der Waals surface area contributed by atoms with Crippen LogP contribution in [0.2, 0.25) is 0 Å². The van der Waals surface area contributed by atoms with Crippen LogP contribution < -0.4 is 9.47 Å². The van der Waals surface area contributed by atoms with Crippen LogP contribution in [-0.4, -0.2) is 42.1 Å². The second-order valence-corrected chi connectivity index (χ2v) is 8.19. The highest BCUT2D eigenvalue weighted by Crippen LogP contribution is 2.34. The molecular formula is C22H19F3N2O3S. The van der Waals surface area contributed by atoms with E-state index in [2.05, 4.69) is 4.98 Å². The molecule has 0 N–H and O–H groups in total. The summed E-state index contributed by atoms with van der Waals surface area (Å²) in [6, 6.07) is 12.1. The van der Waals surface area contributed by atoms with E-state index in [1.165, 1.54) is 12.1 Å². The Balaban J connectivity index is 1.46. The fourth-order valence-corrected chi connectivity index (χ4v) is 4.30. The quantitative estimate of drug-likeness (QED) is 0.561. The van der Waals surface area contributed by atoms with Gasteiger partial charge in [0.25, 0.3) is 5.91 Å². The highest BCUT2D eigenvalue weighted by Gasteiger charge is 2.30. The van der Waals surface area contributed by atoms with Crippen LogP contribution in [0.4, 0.5) is 13.2 Å². The monoisotopic (exact) mass is 448 g/mol. The number of fused-ring (bicyclic) bond motifs is 1. The molecule has 1 atom stereocenters. The van der Waals surface area contributed by atoms with Crippen LogP contribution in [0, 0.1) is 6.92 Å². The van der Waals surface area contributed by atoms with Gasteiger partial charge in [0, 0.05) is 12.6 Å². The zero-order valence-electron chi connectivity index (χ0n) is 16.8. The molecule has 0 saturated heterocycles. The highest BCUT2D eigenvalue weighted by atomic mass is 32.1. The minimum absolute atomic E-state index is 0.226. The maximum atomic E-state index is 13.0. The second kappa shape index (κ2) is 8.22. The molecule has 1 amide bonds. The van der Waals surface area contributed by atoms with Gasteiger partial charge in [-0.3, -0.25) is 4.79 Å². The average molecular weight is 448 g/mol. The number of aryl methyl sites for hydroxylation is 1. The minimum Gasteiger partial charge on any atom is -0.486 e. The number of likely N-dealkylation sites (N-methyl/N-ethyl adjacent to an activating group) is 1. The molecule has 0 spiro atoms. The summed E-state index contributed by atoms with van der Waals surface area (Å²) in [5.74, 6) is 1.08. The van der Waals surface area contributed by atoms with Crippen molar-refractivity contribution in [3.05, 3.63) is 64.7 Å². The Morgan fingerprint density at radius 1 is 1.16 bits per heavy atom. The maximum Gasteiger partial charge on any atom is 0.416 e. The number of thiazole rings is 1. The Kier molecular flexibility index (Phi) is 5.62. The van der Waals surface area contributed by atoms with Crippen molar-refractivity contribution in [1.29, 1.82) is 0 Å². The van der Waals surface area contributed by atoms with Crippen LogP contribution in [0.1, 0.15) is 20.9 Å². The van der Waals surface area contributed by atoms with Crippen LogP contribution in [0.15, 0.2) is 48.5 Å². The lowest BCUT2D eigenvalue weighted by molar-refractivity contribution is -0.137. The topological polar surface area (TPSA) is 51.7 Å². The third-order valence-electron chi connectivity index (χ3n) is 4.84. The first kappa shape index (κ1) is 21.2. The molecule has 162 valence electrons. The molecule has 2 heterocycles. The van der Waals surface area contributed by atoms with Gasteiger partial charge in [0.15, 0.2) is 17.6 Å². The number of carbonyl (C=O) groups is 1. The van der Waals surface area contributed by atoms with Gasteiger partial charge < -0.3 is 14.4 Å². The molecule has 0 bridgehead atoms. The zero-order chi connectivity index (χ0) is 22.2. The predicted molar refractivity (Wildman–Crippen MR) is 111 cm³/mol. The normalized spacial score (nSPS) is 15.6. The van der Waals surface area contributed by atoms with Gasteiger partial charge in [0.1, 0.15) is 16.5 Å². The molecule has 1 unspecified atom stereocenters. The summed E-state index contributed by atoms with van der Waals surface area (Å²) in [5.41, 5.74) is 0.336. The second-order valence-electron chi connectivity index (χ2n) is 7.19. The van der Waals surface area contributed by atoms with Crippen LogP contribution in [0.3, 0.4) is 0 Å². The smallest absolute Gasteiger partial charge is 0.416 e. The van der Waals surface area contributed by atoms with E-state index >= 15 is 0 Å². The zero-order valence-corrected chi connectivity index (χ0v) is 17.6. The molecule has 4 rings (SSSR count). The lowest BCUT2D eigenvalue weighted by Crippen LogP contribution is -2.41. The summed E-state index contributed by atoms with van der Waals surface area (Å²) in [6.45, 7) is 2.36. The van der Waals surface area contributed by atoms with E-state index in [1.54, 1.807) is 18.9 Å². The maximum absolute atomic E-state index is 13.0. The van der Waals surface area contributed by atoms with Gasteiger partial charge in [-0.05, 0) is 31.2 Å². The van der Waals surface area contributed by atoms with Crippen LogP contribution in [0.25, 0.3) is 10.6 Å². The standard InChI is InChI=1S/C22H19F3N2O3S/c1-13-19(31-20(26-13)14-7-9-15(10-8-14)22(23,24)25)21(28)27(2)11-16-12-29-17-5-3-4-6-18(17)30-16/h3-10,16H,11-12H2,1-2H3. The molecule has 3 aromatic rings. The van der Waals surface area contributed by atoms with Crippen LogP contribution in [0.5, 0.6) is 11.5 Å². The highest BCUT2D eigenvalue weighted by molar-refractivity contribution is 7.17. The molecule has 0 saturated carbocycles. The van der Waals surface area contributed by atoms with Gasteiger partial charge in [0.2, 0.25) is 0 Å². The number of aromatic nitrogens is 1. The number of amides is 1. The number of para-hydroxylation sites is 2. The number of ether oxygens (including phenoxy) is 2. The number of alkyl halides is 3. The molecule has 0 radical (unpaired) electrons. The molecule has 1 aliphatic rings. The van der Waals surface area contributed by atoms with E-state index in [1.807, 2.05) is 24.3 Å². The number of hydrogen-bond acceptors (Lipinski definition) is 5. The number of halogens is 3. The molecule has 1 aromatic heterocycles. The number of benzene rings is 2. The molecular weight excluding hydrogens is 429 g/mol. The Labute approximate surface area is 181 Å². The Hall–Kier alpha value is -3.07. The molecule has 0 fully saturated rings. The lowest BCUT2D eigenvalue weighted by atomic mass is 10.1. The van der Waals surface area contributed by atoms with E-state index in [-0.39, 0.29) is 12.0 Å². The summed E-state index contributed by atoms with van der Waals surface area (Å²) in [5, 5.41) is 0.495. The summed E-state index contributed by atoms with van der Waals surface area (Å²) in [7, 11) is 1.67. The SMILES string of the molecule is Cc1nc(-c2ccc(C(F)(F)F)cc2)sc1C(=O)N(C)CC1COc2ccccc2O1. The molecule has 31 heavy (non-hydrogen) atoms. The van der Waals surface area contributed by atoms with Gasteiger partial charge >= 0.3 is 6.18 Å².